The number of anilines is 1. The highest BCUT2D eigenvalue weighted by Gasteiger charge is 2.47. The van der Waals surface area contributed by atoms with E-state index in [0.29, 0.717) is 0 Å². The number of carboxylic acid groups (broad SMARTS) is 1. The largest absolute Gasteiger partial charge is 0.476 e. The topological polar surface area (TPSA) is 90.4 Å². The highest BCUT2D eigenvalue weighted by atomic mass is 16.5. The number of hydrogen-bond donors (Lipinski definition) is 2. The van der Waals surface area contributed by atoms with Crippen molar-refractivity contribution in [3.63, 3.8) is 0 Å². The third-order valence-corrected chi connectivity index (χ3v) is 3.31. The predicted molar refractivity (Wildman–Crippen MR) is 66.5 cm³/mol. The summed E-state index contributed by atoms with van der Waals surface area (Å²) < 4.78 is 7.58. The molecule has 6 nitrogen and oxygen atoms in total. The molecule has 6 heteroatoms. The van der Waals surface area contributed by atoms with Gasteiger partial charge in [0.25, 0.3) is 0 Å². The molecular weight excluding hydrogens is 234 g/mol. The molecule has 1 aliphatic heterocycles. The molecule has 0 bridgehead atoms. The fraction of sp³-hybridized carbons (Fsp3) is 0.667. The van der Waals surface area contributed by atoms with Gasteiger partial charge in [-0.15, -0.1) is 0 Å². The van der Waals surface area contributed by atoms with Gasteiger partial charge in [0.05, 0.1) is 22.9 Å². The summed E-state index contributed by atoms with van der Waals surface area (Å²) in [5.74, 6) is -1.11. The van der Waals surface area contributed by atoms with Gasteiger partial charge in [-0.1, -0.05) is 0 Å². The summed E-state index contributed by atoms with van der Waals surface area (Å²) in [6.45, 7) is 7.98. The average molecular weight is 253 g/mol. The molecule has 0 aromatic carbocycles. The first-order valence-corrected chi connectivity index (χ1v) is 5.90. The van der Waals surface area contributed by atoms with Gasteiger partial charge in [-0.05, 0) is 27.7 Å². The third kappa shape index (κ3) is 2.08. The SMILES string of the molecule is CC1(C)CC(n2cc(N)c(C(=O)O)n2)C(C)(C)O1. The minimum absolute atomic E-state index is 0.0251. The van der Waals surface area contributed by atoms with Gasteiger partial charge in [0.15, 0.2) is 5.69 Å². The van der Waals surface area contributed by atoms with E-state index in [1.165, 1.54) is 0 Å². The Hall–Kier alpha value is -1.56. The Labute approximate surface area is 106 Å². The number of aromatic nitrogens is 2. The van der Waals surface area contributed by atoms with Gasteiger partial charge in [-0.2, -0.15) is 5.10 Å². The summed E-state index contributed by atoms with van der Waals surface area (Å²) >= 11 is 0. The van der Waals surface area contributed by atoms with E-state index >= 15 is 0 Å². The highest BCUT2D eigenvalue weighted by Crippen LogP contribution is 2.44. The fourth-order valence-electron chi connectivity index (χ4n) is 2.68. The normalized spacial score (nSPS) is 25.2. The standard InChI is InChI=1S/C12H19N3O3/c1-11(2)5-8(12(3,4)18-11)15-6-7(13)9(14-15)10(16)17/h6,8H,5,13H2,1-4H3,(H,16,17). The molecule has 18 heavy (non-hydrogen) atoms. The van der Waals surface area contributed by atoms with E-state index in [1.54, 1.807) is 10.9 Å². The summed E-state index contributed by atoms with van der Waals surface area (Å²) in [4.78, 5) is 11.0. The molecule has 0 radical (unpaired) electrons. The van der Waals surface area contributed by atoms with E-state index in [9.17, 15) is 4.79 Å². The van der Waals surface area contributed by atoms with Gasteiger partial charge in [0.2, 0.25) is 0 Å². The van der Waals surface area contributed by atoms with E-state index in [4.69, 9.17) is 15.6 Å². The molecule has 1 unspecified atom stereocenters. The van der Waals surface area contributed by atoms with Crippen LogP contribution in [-0.4, -0.2) is 32.1 Å². The number of nitrogens with two attached hydrogens (primary N) is 1. The zero-order valence-corrected chi connectivity index (χ0v) is 11.1. The molecular formula is C12H19N3O3. The second kappa shape index (κ2) is 3.71. The van der Waals surface area contributed by atoms with Crippen molar-refractivity contribution in [2.45, 2.75) is 51.4 Å². The molecule has 1 aromatic heterocycles. The van der Waals surface area contributed by atoms with Crippen molar-refractivity contribution in [3.8, 4) is 0 Å². The lowest BCUT2D eigenvalue weighted by atomic mass is 9.95. The van der Waals surface area contributed by atoms with Crippen molar-refractivity contribution in [3.05, 3.63) is 11.9 Å². The maximum atomic E-state index is 11.0. The number of ether oxygens (including phenoxy) is 1. The Morgan fingerprint density at radius 1 is 1.56 bits per heavy atom. The van der Waals surface area contributed by atoms with Crippen molar-refractivity contribution >= 4 is 11.7 Å². The number of nitrogens with zero attached hydrogens (tertiary/aromatic N) is 2. The van der Waals surface area contributed by atoms with Crippen LogP contribution in [-0.2, 0) is 4.74 Å². The van der Waals surface area contributed by atoms with E-state index in [0.717, 1.165) is 6.42 Å². The van der Waals surface area contributed by atoms with Crippen molar-refractivity contribution in [1.82, 2.24) is 9.78 Å². The molecule has 3 N–H and O–H groups in total. The lowest BCUT2D eigenvalue weighted by molar-refractivity contribution is -0.0737. The van der Waals surface area contributed by atoms with Crippen LogP contribution in [0.3, 0.4) is 0 Å². The average Bonchev–Trinajstić information content (AvgIpc) is 2.63. The molecule has 1 aromatic rings. The number of carboxylic acids is 1. The van der Waals surface area contributed by atoms with Gasteiger partial charge < -0.3 is 15.6 Å². The van der Waals surface area contributed by atoms with E-state index in [1.807, 2.05) is 27.7 Å². The minimum atomic E-state index is -1.11. The van der Waals surface area contributed by atoms with Crippen LogP contribution in [0.5, 0.6) is 0 Å². The van der Waals surface area contributed by atoms with E-state index in [2.05, 4.69) is 5.10 Å². The second-order valence-corrected chi connectivity index (χ2v) is 5.90. The zero-order chi connectivity index (χ0) is 13.7. The zero-order valence-electron chi connectivity index (χ0n) is 11.1. The molecule has 1 saturated heterocycles. The van der Waals surface area contributed by atoms with Crippen LogP contribution in [0.25, 0.3) is 0 Å². The van der Waals surface area contributed by atoms with Crippen LogP contribution in [0.15, 0.2) is 6.20 Å². The molecule has 0 aliphatic carbocycles. The van der Waals surface area contributed by atoms with E-state index < -0.39 is 11.6 Å². The molecule has 2 heterocycles. The van der Waals surface area contributed by atoms with Crippen LogP contribution >= 0.6 is 0 Å². The summed E-state index contributed by atoms with van der Waals surface area (Å²) in [5, 5.41) is 13.0. The van der Waals surface area contributed by atoms with Gasteiger partial charge >= 0.3 is 5.97 Å². The number of aromatic carboxylic acids is 1. The lowest BCUT2D eigenvalue weighted by Gasteiger charge is -2.27. The van der Waals surface area contributed by atoms with Crippen molar-refractivity contribution in [2.24, 2.45) is 0 Å². The first-order valence-electron chi connectivity index (χ1n) is 5.90. The Morgan fingerprint density at radius 3 is 2.56 bits per heavy atom. The summed E-state index contributed by atoms with van der Waals surface area (Å²) in [5.41, 5.74) is 5.09. The number of rotatable bonds is 2. The maximum Gasteiger partial charge on any atom is 0.358 e. The second-order valence-electron chi connectivity index (χ2n) is 5.90. The summed E-state index contributed by atoms with van der Waals surface area (Å²) in [6, 6.07) is -0.0251. The third-order valence-electron chi connectivity index (χ3n) is 3.31. The molecule has 1 atom stereocenters. The molecule has 100 valence electrons. The first-order chi connectivity index (χ1) is 8.12. The van der Waals surface area contributed by atoms with Crippen molar-refractivity contribution in [2.75, 3.05) is 5.73 Å². The highest BCUT2D eigenvalue weighted by molar-refractivity contribution is 5.91. The minimum Gasteiger partial charge on any atom is -0.476 e. The smallest absolute Gasteiger partial charge is 0.358 e. The van der Waals surface area contributed by atoms with Crippen LogP contribution in [0.2, 0.25) is 0 Å². The molecule has 0 saturated carbocycles. The fourth-order valence-corrected chi connectivity index (χ4v) is 2.68. The number of carbonyl (C=O) groups is 1. The Morgan fingerprint density at radius 2 is 2.17 bits per heavy atom. The molecule has 2 rings (SSSR count). The lowest BCUT2D eigenvalue weighted by Crippen LogP contribution is -2.31. The Kier molecular flexibility index (Phi) is 2.66. The monoisotopic (exact) mass is 253 g/mol. The molecule has 1 aliphatic rings. The van der Waals surface area contributed by atoms with Crippen LogP contribution in [0.4, 0.5) is 5.69 Å². The summed E-state index contributed by atoms with van der Waals surface area (Å²) in [6.07, 6.45) is 2.33. The quantitative estimate of drug-likeness (QED) is 0.836. The van der Waals surface area contributed by atoms with Gasteiger partial charge in [-0.3, -0.25) is 4.68 Å². The van der Waals surface area contributed by atoms with E-state index in [-0.39, 0.29) is 23.0 Å². The van der Waals surface area contributed by atoms with Crippen LogP contribution < -0.4 is 5.73 Å². The summed E-state index contributed by atoms with van der Waals surface area (Å²) in [7, 11) is 0. The van der Waals surface area contributed by atoms with Crippen molar-refractivity contribution in [1.29, 1.82) is 0 Å². The molecule has 0 spiro atoms. The Bertz CT molecular complexity index is 491. The van der Waals surface area contributed by atoms with Crippen molar-refractivity contribution < 1.29 is 14.6 Å². The molecule has 0 amide bonds. The van der Waals surface area contributed by atoms with Crippen LogP contribution in [0, 0.1) is 0 Å². The van der Waals surface area contributed by atoms with Gasteiger partial charge in [-0.25, -0.2) is 4.79 Å². The molecule has 1 fully saturated rings. The number of hydrogen-bond acceptors (Lipinski definition) is 4. The maximum absolute atomic E-state index is 11.0. The van der Waals surface area contributed by atoms with Gasteiger partial charge in [0, 0.05) is 12.6 Å². The van der Waals surface area contributed by atoms with Crippen LogP contribution in [0.1, 0.15) is 50.6 Å². The Balaban J connectivity index is 2.38. The predicted octanol–water partition coefficient (Wildman–Crippen LogP) is 1.68. The number of nitrogen functional groups attached to an aromatic ring is 1. The first kappa shape index (κ1) is 12.9. The van der Waals surface area contributed by atoms with Gasteiger partial charge in [0.1, 0.15) is 0 Å².